The third-order valence-corrected chi connectivity index (χ3v) is 5.57. The van der Waals surface area contributed by atoms with Gasteiger partial charge in [0.25, 0.3) is 0 Å². The van der Waals surface area contributed by atoms with Crippen molar-refractivity contribution in [1.82, 2.24) is 9.88 Å². The Bertz CT molecular complexity index is 1020. The predicted octanol–water partition coefficient (Wildman–Crippen LogP) is 5.16. The van der Waals surface area contributed by atoms with Crippen LogP contribution in [0.15, 0.2) is 83.8 Å². The van der Waals surface area contributed by atoms with Crippen molar-refractivity contribution >= 4 is 6.09 Å². The normalized spacial score (nSPS) is 16.9. The fourth-order valence-electron chi connectivity index (χ4n) is 3.81. The number of carbonyl (C=O) groups excluding carboxylic acids is 1. The second-order valence-corrected chi connectivity index (χ2v) is 8.90. The minimum atomic E-state index is -0.851. The van der Waals surface area contributed by atoms with Gasteiger partial charge in [-0.1, -0.05) is 60.7 Å². The number of hydrogen-bond donors (Lipinski definition) is 2. The summed E-state index contributed by atoms with van der Waals surface area (Å²) < 4.78 is 5.52. The van der Waals surface area contributed by atoms with Crippen LogP contribution < -0.4 is 5.56 Å². The molecular weight excluding hydrogens is 416 g/mol. The fraction of sp³-hybridized carbons (Fsp3) is 0.333. The van der Waals surface area contributed by atoms with Gasteiger partial charge >= 0.3 is 6.09 Å². The lowest BCUT2D eigenvalue weighted by Crippen LogP contribution is -2.45. The zero-order valence-corrected chi connectivity index (χ0v) is 19.4. The summed E-state index contributed by atoms with van der Waals surface area (Å²) in [5, 5.41) is 9.92. The van der Waals surface area contributed by atoms with Gasteiger partial charge in [-0.3, -0.25) is 4.79 Å². The number of carbonyl (C=O) groups is 1. The van der Waals surface area contributed by atoms with E-state index < -0.39 is 5.60 Å². The van der Waals surface area contributed by atoms with Crippen LogP contribution in [-0.2, 0) is 4.74 Å². The highest BCUT2D eigenvalue weighted by atomic mass is 16.6. The van der Waals surface area contributed by atoms with E-state index >= 15 is 0 Å². The molecule has 0 spiro atoms. The van der Waals surface area contributed by atoms with Crippen molar-refractivity contribution in [2.75, 3.05) is 6.54 Å². The topological polar surface area (TPSA) is 82.6 Å². The molecule has 0 radical (unpaired) electrons. The zero-order valence-electron chi connectivity index (χ0n) is 19.4. The molecule has 3 aromatic rings. The predicted molar refractivity (Wildman–Crippen MR) is 130 cm³/mol. The Hall–Kier alpha value is -3.38. The lowest BCUT2D eigenvalue weighted by molar-refractivity contribution is -0.0309. The van der Waals surface area contributed by atoms with E-state index in [1.807, 2.05) is 67.6 Å². The molecule has 0 bridgehead atoms. The number of nitrogens with zero attached hydrogens (tertiary/aromatic N) is 1. The third-order valence-electron chi connectivity index (χ3n) is 5.57. The Kier molecular flexibility index (Phi) is 8.06. The van der Waals surface area contributed by atoms with Gasteiger partial charge in [0.2, 0.25) is 5.56 Å². The lowest BCUT2D eigenvalue weighted by atomic mass is 9.97. The minimum absolute atomic E-state index is 0.106. The number of aromatic amines is 1. The SMILES string of the molecule is CC(c1ccc(-c2ccc(=O)[nH]c2)cc1)N1CCC(CC(C)(C)O)OC1=O.c1ccccc1. The molecule has 1 fully saturated rings. The van der Waals surface area contributed by atoms with Crippen LogP contribution in [0.2, 0.25) is 0 Å². The second kappa shape index (κ2) is 11.0. The molecule has 2 aromatic carbocycles. The van der Waals surface area contributed by atoms with Crippen LogP contribution in [0.25, 0.3) is 11.1 Å². The highest BCUT2D eigenvalue weighted by Crippen LogP contribution is 2.29. The largest absolute Gasteiger partial charge is 0.446 e. The standard InChI is InChI=1S/C21H26N2O4.C6H6/c1-14(23-11-10-18(27-20(23)25)12-21(2,3)26)15-4-6-16(7-5-15)17-8-9-19(24)22-13-17;1-2-4-6-5-3-1/h4-9,13-14,18,26H,10-12H2,1-3H3,(H,22,24);1-6H. The molecule has 174 valence electrons. The highest BCUT2D eigenvalue weighted by Gasteiger charge is 2.33. The maximum Gasteiger partial charge on any atom is 0.410 e. The van der Waals surface area contributed by atoms with Crippen molar-refractivity contribution in [3.63, 3.8) is 0 Å². The molecule has 2 heterocycles. The Balaban J connectivity index is 0.000000442. The first-order valence-electron chi connectivity index (χ1n) is 11.2. The molecule has 0 aliphatic carbocycles. The number of amides is 1. The van der Waals surface area contributed by atoms with Crippen LogP contribution in [0.1, 0.15) is 45.2 Å². The van der Waals surface area contributed by atoms with Gasteiger partial charge in [0.05, 0.1) is 11.6 Å². The Morgan fingerprint density at radius 1 is 1.00 bits per heavy atom. The number of cyclic esters (lactones) is 1. The van der Waals surface area contributed by atoms with Crippen LogP contribution >= 0.6 is 0 Å². The smallest absolute Gasteiger partial charge is 0.410 e. The number of H-pyrrole nitrogens is 1. The van der Waals surface area contributed by atoms with Crippen LogP contribution in [-0.4, -0.2) is 39.3 Å². The van der Waals surface area contributed by atoms with E-state index in [0.717, 1.165) is 16.7 Å². The molecule has 1 aromatic heterocycles. The first-order valence-corrected chi connectivity index (χ1v) is 11.2. The monoisotopic (exact) mass is 448 g/mol. The molecule has 2 atom stereocenters. The Morgan fingerprint density at radius 3 is 2.06 bits per heavy atom. The summed E-state index contributed by atoms with van der Waals surface area (Å²) in [6, 6.07) is 23.1. The van der Waals surface area contributed by atoms with Gasteiger partial charge in [0, 0.05) is 31.6 Å². The van der Waals surface area contributed by atoms with Crippen LogP contribution in [0.5, 0.6) is 0 Å². The summed E-state index contributed by atoms with van der Waals surface area (Å²) in [6.45, 7) is 6.02. The van der Waals surface area contributed by atoms with Gasteiger partial charge in [-0.15, -0.1) is 0 Å². The third kappa shape index (κ3) is 7.32. The van der Waals surface area contributed by atoms with Crippen LogP contribution in [0.4, 0.5) is 4.79 Å². The van der Waals surface area contributed by atoms with E-state index in [1.54, 1.807) is 31.0 Å². The van der Waals surface area contributed by atoms with Gasteiger partial charge in [-0.25, -0.2) is 4.79 Å². The molecule has 6 nitrogen and oxygen atoms in total. The molecule has 1 amide bonds. The van der Waals surface area contributed by atoms with Gasteiger partial charge < -0.3 is 19.7 Å². The zero-order chi connectivity index (χ0) is 23.8. The fourth-order valence-corrected chi connectivity index (χ4v) is 3.81. The number of ether oxygens (including phenoxy) is 1. The highest BCUT2D eigenvalue weighted by molar-refractivity contribution is 5.69. The molecule has 0 saturated carbocycles. The number of hydrogen-bond acceptors (Lipinski definition) is 4. The van der Waals surface area contributed by atoms with E-state index in [1.165, 1.54) is 6.07 Å². The van der Waals surface area contributed by atoms with Gasteiger partial charge in [0.15, 0.2) is 0 Å². The average molecular weight is 449 g/mol. The second-order valence-electron chi connectivity index (χ2n) is 8.90. The maximum absolute atomic E-state index is 12.4. The van der Waals surface area contributed by atoms with E-state index in [4.69, 9.17) is 4.74 Å². The summed E-state index contributed by atoms with van der Waals surface area (Å²) in [4.78, 5) is 28.0. The molecule has 1 saturated heterocycles. The molecule has 1 aliphatic heterocycles. The summed E-state index contributed by atoms with van der Waals surface area (Å²) in [6.07, 6.45) is 2.24. The molecule has 6 heteroatoms. The Morgan fingerprint density at radius 2 is 1.58 bits per heavy atom. The molecule has 2 N–H and O–H groups in total. The number of benzene rings is 2. The van der Waals surface area contributed by atoms with E-state index in [2.05, 4.69) is 4.98 Å². The summed E-state index contributed by atoms with van der Waals surface area (Å²) in [7, 11) is 0. The first kappa shape index (κ1) is 24.3. The summed E-state index contributed by atoms with van der Waals surface area (Å²) >= 11 is 0. The average Bonchev–Trinajstić information content (AvgIpc) is 2.80. The van der Waals surface area contributed by atoms with Crippen LogP contribution in [0, 0.1) is 0 Å². The summed E-state index contributed by atoms with van der Waals surface area (Å²) in [5.74, 6) is 0. The van der Waals surface area contributed by atoms with Crippen molar-refractivity contribution in [1.29, 1.82) is 0 Å². The van der Waals surface area contributed by atoms with Crippen LogP contribution in [0.3, 0.4) is 0 Å². The Labute approximate surface area is 194 Å². The molecule has 33 heavy (non-hydrogen) atoms. The lowest BCUT2D eigenvalue weighted by Gasteiger charge is -2.37. The van der Waals surface area contributed by atoms with Crippen molar-refractivity contribution in [2.45, 2.75) is 51.4 Å². The molecule has 4 rings (SSSR count). The quantitative estimate of drug-likeness (QED) is 0.565. The maximum atomic E-state index is 12.4. The van der Waals surface area contributed by atoms with Gasteiger partial charge in [0.1, 0.15) is 6.10 Å². The molecular formula is C27H32N2O4. The number of pyridine rings is 1. The summed E-state index contributed by atoms with van der Waals surface area (Å²) in [5.41, 5.74) is 1.96. The first-order chi connectivity index (χ1) is 15.7. The van der Waals surface area contributed by atoms with Gasteiger partial charge in [-0.2, -0.15) is 0 Å². The minimum Gasteiger partial charge on any atom is -0.446 e. The number of nitrogens with one attached hydrogen (secondary N) is 1. The number of rotatable bonds is 5. The number of aliphatic hydroxyl groups is 1. The van der Waals surface area contributed by atoms with Crippen molar-refractivity contribution in [2.24, 2.45) is 0 Å². The van der Waals surface area contributed by atoms with Crippen molar-refractivity contribution < 1.29 is 14.6 Å². The van der Waals surface area contributed by atoms with Crippen molar-refractivity contribution in [3.8, 4) is 11.1 Å². The molecule has 2 unspecified atom stereocenters. The molecule has 1 aliphatic rings. The van der Waals surface area contributed by atoms with E-state index in [0.29, 0.717) is 19.4 Å². The number of aromatic nitrogens is 1. The van der Waals surface area contributed by atoms with Crippen molar-refractivity contribution in [3.05, 3.63) is 94.9 Å². The van der Waals surface area contributed by atoms with Gasteiger partial charge in [-0.05, 0) is 43.5 Å². The van der Waals surface area contributed by atoms with E-state index in [9.17, 15) is 14.7 Å². The van der Waals surface area contributed by atoms with E-state index in [-0.39, 0.29) is 23.8 Å².